The summed E-state index contributed by atoms with van der Waals surface area (Å²) < 4.78 is 40.0. The standard InChI is InChI=1S/C15H13BrF3N3O2/c1-8-12(16)20-11(13(23)21(2)3)14(24)22(8)10-6-4-5-9(7-10)15(17,18)19/h4-7H,1-3H3. The van der Waals surface area contributed by atoms with E-state index in [1.807, 2.05) is 0 Å². The van der Waals surface area contributed by atoms with Gasteiger partial charge in [-0.2, -0.15) is 13.2 Å². The van der Waals surface area contributed by atoms with E-state index in [-0.39, 0.29) is 21.7 Å². The predicted octanol–water partition coefficient (Wildman–Crippen LogP) is 3.02. The minimum absolute atomic E-state index is 0.00299. The van der Waals surface area contributed by atoms with Crippen LogP contribution in [0, 0.1) is 6.92 Å². The molecule has 0 atom stereocenters. The van der Waals surface area contributed by atoms with Gasteiger partial charge in [0.15, 0.2) is 5.69 Å². The van der Waals surface area contributed by atoms with E-state index in [9.17, 15) is 22.8 Å². The molecule has 128 valence electrons. The number of hydrogen-bond acceptors (Lipinski definition) is 3. The van der Waals surface area contributed by atoms with Crippen LogP contribution in [0.5, 0.6) is 0 Å². The number of hydrogen-bond donors (Lipinski definition) is 0. The van der Waals surface area contributed by atoms with Gasteiger partial charge >= 0.3 is 6.18 Å². The van der Waals surface area contributed by atoms with Crippen LogP contribution in [0.3, 0.4) is 0 Å². The molecule has 0 aliphatic carbocycles. The Bertz CT molecular complexity index is 860. The van der Waals surface area contributed by atoms with Crippen LogP contribution < -0.4 is 5.56 Å². The van der Waals surface area contributed by atoms with E-state index < -0.39 is 23.2 Å². The lowest BCUT2D eigenvalue weighted by Crippen LogP contribution is -2.34. The SMILES string of the molecule is Cc1c(Br)nc(C(=O)N(C)C)c(=O)n1-c1cccc(C(F)(F)F)c1. The molecule has 0 radical (unpaired) electrons. The summed E-state index contributed by atoms with van der Waals surface area (Å²) in [5, 5.41) is 0. The summed E-state index contributed by atoms with van der Waals surface area (Å²) in [5.74, 6) is -0.638. The van der Waals surface area contributed by atoms with Crippen molar-refractivity contribution in [1.82, 2.24) is 14.5 Å². The van der Waals surface area contributed by atoms with Gasteiger partial charge in [-0.25, -0.2) is 4.98 Å². The van der Waals surface area contributed by atoms with Crippen molar-refractivity contribution >= 4 is 21.8 Å². The van der Waals surface area contributed by atoms with Gasteiger partial charge in [-0.3, -0.25) is 14.2 Å². The number of rotatable bonds is 2. The van der Waals surface area contributed by atoms with E-state index in [4.69, 9.17) is 0 Å². The van der Waals surface area contributed by atoms with Crippen LogP contribution in [0.25, 0.3) is 5.69 Å². The van der Waals surface area contributed by atoms with Crippen molar-refractivity contribution in [2.45, 2.75) is 13.1 Å². The lowest BCUT2D eigenvalue weighted by molar-refractivity contribution is -0.137. The van der Waals surface area contributed by atoms with E-state index in [2.05, 4.69) is 20.9 Å². The number of nitrogens with zero attached hydrogens (tertiary/aromatic N) is 3. The fourth-order valence-electron chi connectivity index (χ4n) is 2.06. The third-order valence-electron chi connectivity index (χ3n) is 3.29. The molecule has 0 saturated carbocycles. The fourth-order valence-corrected chi connectivity index (χ4v) is 2.42. The maximum absolute atomic E-state index is 12.9. The average Bonchev–Trinajstić information content (AvgIpc) is 2.50. The monoisotopic (exact) mass is 403 g/mol. The summed E-state index contributed by atoms with van der Waals surface area (Å²) in [5.41, 5.74) is -1.76. The number of amides is 1. The number of halogens is 4. The molecular formula is C15H13BrF3N3O2. The molecule has 0 N–H and O–H groups in total. The van der Waals surface area contributed by atoms with Crippen LogP contribution in [0.1, 0.15) is 21.7 Å². The zero-order valence-corrected chi connectivity index (χ0v) is 14.6. The van der Waals surface area contributed by atoms with Gasteiger partial charge in [0.1, 0.15) is 4.60 Å². The first-order valence-corrected chi connectivity index (χ1v) is 7.51. The fraction of sp³-hybridized carbons (Fsp3) is 0.267. The number of carbonyl (C=O) groups is 1. The quantitative estimate of drug-likeness (QED) is 0.774. The van der Waals surface area contributed by atoms with E-state index in [0.29, 0.717) is 0 Å². The van der Waals surface area contributed by atoms with Gasteiger partial charge in [-0.1, -0.05) is 6.07 Å². The summed E-state index contributed by atoms with van der Waals surface area (Å²) in [6.07, 6.45) is -4.54. The number of alkyl halides is 3. The molecular weight excluding hydrogens is 391 g/mol. The summed E-state index contributed by atoms with van der Waals surface area (Å²) in [6, 6.07) is 4.32. The van der Waals surface area contributed by atoms with Crippen LogP contribution >= 0.6 is 15.9 Å². The highest BCUT2D eigenvalue weighted by Gasteiger charge is 2.31. The highest BCUT2D eigenvalue weighted by atomic mass is 79.9. The van der Waals surface area contributed by atoms with Crippen LogP contribution in [-0.4, -0.2) is 34.5 Å². The van der Waals surface area contributed by atoms with Crippen LogP contribution in [0.15, 0.2) is 33.7 Å². The molecule has 1 amide bonds. The second kappa shape index (κ2) is 6.39. The van der Waals surface area contributed by atoms with E-state index >= 15 is 0 Å². The third-order valence-corrected chi connectivity index (χ3v) is 4.04. The highest BCUT2D eigenvalue weighted by molar-refractivity contribution is 9.10. The summed E-state index contributed by atoms with van der Waals surface area (Å²) >= 11 is 3.14. The van der Waals surface area contributed by atoms with Crippen molar-refractivity contribution in [2.75, 3.05) is 14.1 Å². The molecule has 0 spiro atoms. The molecule has 0 saturated heterocycles. The second-order valence-corrected chi connectivity index (χ2v) is 5.98. The molecule has 0 bridgehead atoms. The van der Waals surface area contributed by atoms with E-state index in [1.54, 1.807) is 0 Å². The number of aromatic nitrogens is 2. The van der Waals surface area contributed by atoms with Crippen molar-refractivity contribution in [3.8, 4) is 5.69 Å². The van der Waals surface area contributed by atoms with Crippen LogP contribution in [0.4, 0.5) is 13.2 Å². The molecule has 2 aromatic rings. The van der Waals surface area contributed by atoms with Gasteiger partial charge in [0.05, 0.1) is 11.3 Å². The van der Waals surface area contributed by atoms with Crippen molar-refractivity contribution in [3.63, 3.8) is 0 Å². The maximum atomic E-state index is 12.9. The first kappa shape index (κ1) is 18.2. The van der Waals surface area contributed by atoms with Crippen molar-refractivity contribution in [3.05, 3.63) is 56.2 Å². The first-order valence-electron chi connectivity index (χ1n) is 6.72. The Kier molecular flexibility index (Phi) is 4.84. The van der Waals surface area contributed by atoms with Crippen LogP contribution in [0.2, 0.25) is 0 Å². The average molecular weight is 404 g/mol. The topological polar surface area (TPSA) is 55.2 Å². The molecule has 9 heteroatoms. The molecule has 0 aliphatic rings. The van der Waals surface area contributed by atoms with Crippen molar-refractivity contribution in [2.24, 2.45) is 0 Å². The molecule has 1 heterocycles. The Morgan fingerprint density at radius 3 is 2.46 bits per heavy atom. The number of benzene rings is 1. The Labute approximate surface area is 143 Å². The predicted molar refractivity (Wildman–Crippen MR) is 85.3 cm³/mol. The molecule has 0 unspecified atom stereocenters. The van der Waals surface area contributed by atoms with Gasteiger partial charge < -0.3 is 4.90 Å². The molecule has 1 aromatic carbocycles. The zero-order chi connectivity index (χ0) is 18.2. The molecule has 0 aliphatic heterocycles. The Hall–Kier alpha value is -2.16. The summed E-state index contributed by atoms with van der Waals surface area (Å²) in [4.78, 5) is 29.8. The molecule has 2 rings (SSSR count). The Morgan fingerprint density at radius 1 is 1.29 bits per heavy atom. The minimum atomic E-state index is -4.54. The minimum Gasteiger partial charge on any atom is -0.343 e. The van der Waals surface area contributed by atoms with Gasteiger partial charge in [0, 0.05) is 19.8 Å². The lowest BCUT2D eigenvalue weighted by Gasteiger charge is -2.16. The Balaban J connectivity index is 2.76. The first-order chi connectivity index (χ1) is 11.0. The zero-order valence-electron chi connectivity index (χ0n) is 13.0. The molecule has 24 heavy (non-hydrogen) atoms. The normalized spacial score (nSPS) is 11.5. The molecule has 1 aromatic heterocycles. The molecule has 5 nitrogen and oxygen atoms in total. The van der Waals surface area contributed by atoms with Crippen molar-refractivity contribution < 1.29 is 18.0 Å². The van der Waals surface area contributed by atoms with Crippen LogP contribution in [-0.2, 0) is 6.18 Å². The van der Waals surface area contributed by atoms with E-state index in [0.717, 1.165) is 16.7 Å². The third kappa shape index (κ3) is 3.35. The van der Waals surface area contributed by atoms with Gasteiger partial charge in [-0.15, -0.1) is 0 Å². The summed E-state index contributed by atoms with van der Waals surface area (Å²) in [6.45, 7) is 1.52. The Morgan fingerprint density at radius 2 is 1.92 bits per heavy atom. The largest absolute Gasteiger partial charge is 0.416 e. The second-order valence-electron chi connectivity index (χ2n) is 5.22. The van der Waals surface area contributed by atoms with Gasteiger partial charge in [0.25, 0.3) is 11.5 Å². The highest BCUT2D eigenvalue weighted by Crippen LogP contribution is 2.30. The lowest BCUT2D eigenvalue weighted by atomic mass is 10.2. The molecule has 0 fully saturated rings. The van der Waals surface area contributed by atoms with Gasteiger partial charge in [-0.05, 0) is 41.1 Å². The van der Waals surface area contributed by atoms with Crippen molar-refractivity contribution in [1.29, 1.82) is 0 Å². The van der Waals surface area contributed by atoms with E-state index in [1.165, 1.54) is 38.1 Å². The maximum Gasteiger partial charge on any atom is 0.416 e. The summed E-state index contributed by atoms with van der Waals surface area (Å²) in [7, 11) is 2.90. The smallest absolute Gasteiger partial charge is 0.343 e. The van der Waals surface area contributed by atoms with Gasteiger partial charge in [0.2, 0.25) is 0 Å². The number of carbonyl (C=O) groups excluding carboxylic acids is 1.